The third-order valence-corrected chi connectivity index (χ3v) is 4.18. The molecule has 0 unspecified atom stereocenters. The molecule has 0 saturated carbocycles. The van der Waals surface area contributed by atoms with Gasteiger partial charge in [-0.05, 0) is 45.6 Å². The van der Waals surface area contributed by atoms with Crippen LogP contribution < -0.4 is 4.74 Å². The van der Waals surface area contributed by atoms with Crippen molar-refractivity contribution in [2.24, 2.45) is 0 Å². The molecule has 1 aromatic carbocycles. The van der Waals surface area contributed by atoms with Gasteiger partial charge < -0.3 is 14.5 Å². The molecule has 1 amide bonds. The van der Waals surface area contributed by atoms with Gasteiger partial charge in [0.2, 0.25) is 0 Å². The highest BCUT2D eigenvalue weighted by atomic mass is 16.5. The number of benzene rings is 1. The van der Waals surface area contributed by atoms with Crippen LogP contribution in [-0.2, 0) is 11.3 Å². The fourth-order valence-electron chi connectivity index (χ4n) is 2.97. The number of carbonyl (C=O) groups excluding carboxylic acids is 1. The first kappa shape index (κ1) is 17.4. The van der Waals surface area contributed by atoms with Gasteiger partial charge in [-0.2, -0.15) is 0 Å². The molecule has 2 aromatic rings. The molecular weight excluding hydrogens is 316 g/mol. The van der Waals surface area contributed by atoms with Crippen LogP contribution in [0.4, 0.5) is 0 Å². The molecule has 6 nitrogen and oxygen atoms in total. The molecule has 132 valence electrons. The van der Waals surface area contributed by atoms with Crippen LogP contribution in [0.3, 0.4) is 0 Å². The smallest absolute Gasteiger partial charge is 0.261 e. The van der Waals surface area contributed by atoms with E-state index in [1.54, 1.807) is 0 Å². The number of aryl methyl sites for hydroxylation is 1. The Balaban J connectivity index is 1.65. The zero-order valence-electron chi connectivity index (χ0n) is 15.0. The highest BCUT2D eigenvalue weighted by molar-refractivity contribution is 5.79. The largest absolute Gasteiger partial charge is 0.484 e. The average Bonchev–Trinajstić information content (AvgIpc) is 2.51. The summed E-state index contributed by atoms with van der Waals surface area (Å²) in [6.07, 6.45) is 0.926. The molecule has 1 aromatic heterocycles. The van der Waals surface area contributed by atoms with E-state index < -0.39 is 0 Å². The Morgan fingerprint density at radius 3 is 2.68 bits per heavy atom. The first-order valence-corrected chi connectivity index (χ1v) is 8.49. The van der Waals surface area contributed by atoms with Crippen molar-refractivity contribution in [2.75, 3.05) is 27.2 Å². The monoisotopic (exact) mass is 340 g/mol. The molecule has 0 radical (unpaired) electrons. The summed E-state index contributed by atoms with van der Waals surface area (Å²) >= 11 is 0. The van der Waals surface area contributed by atoms with E-state index in [2.05, 4.69) is 14.9 Å². The molecule has 6 heteroatoms. The third-order valence-electron chi connectivity index (χ3n) is 4.18. The van der Waals surface area contributed by atoms with E-state index in [0.29, 0.717) is 5.75 Å². The van der Waals surface area contributed by atoms with Crippen LogP contribution >= 0.6 is 0 Å². The number of para-hydroxylation sites is 1. The molecule has 1 aliphatic heterocycles. The lowest BCUT2D eigenvalue weighted by Crippen LogP contribution is -2.47. The van der Waals surface area contributed by atoms with Gasteiger partial charge in [-0.3, -0.25) is 4.79 Å². The number of ether oxygens (including phenoxy) is 1. The minimum Gasteiger partial charge on any atom is -0.484 e. The zero-order valence-corrected chi connectivity index (χ0v) is 15.0. The predicted molar refractivity (Wildman–Crippen MR) is 95.2 cm³/mol. The van der Waals surface area contributed by atoms with Crippen molar-refractivity contribution in [3.05, 3.63) is 53.6 Å². The van der Waals surface area contributed by atoms with Gasteiger partial charge in [-0.25, -0.2) is 9.97 Å². The van der Waals surface area contributed by atoms with E-state index in [-0.39, 0.29) is 18.6 Å². The summed E-state index contributed by atoms with van der Waals surface area (Å²) in [5.41, 5.74) is 1.90. The number of nitrogens with zero attached hydrogens (tertiary/aromatic N) is 4. The van der Waals surface area contributed by atoms with E-state index >= 15 is 0 Å². The van der Waals surface area contributed by atoms with Crippen LogP contribution in [0.2, 0.25) is 0 Å². The molecule has 0 spiro atoms. The Morgan fingerprint density at radius 2 is 2.04 bits per heavy atom. The molecule has 0 N–H and O–H groups in total. The Bertz CT molecular complexity index is 733. The Labute approximate surface area is 148 Å². The molecule has 1 atom stereocenters. The highest BCUT2D eigenvalue weighted by Crippen LogP contribution is 2.32. The summed E-state index contributed by atoms with van der Waals surface area (Å²) in [6, 6.07) is 11.4. The van der Waals surface area contributed by atoms with E-state index in [4.69, 9.17) is 4.74 Å². The van der Waals surface area contributed by atoms with Crippen molar-refractivity contribution in [2.45, 2.75) is 25.9 Å². The summed E-state index contributed by atoms with van der Waals surface area (Å²) in [5.74, 6) is 1.44. The molecule has 0 aliphatic carbocycles. The first-order chi connectivity index (χ1) is 12.0. The fraction of sp³-hybridized carbons (Fsp3) is 0.421. The maximum Gasteiger partial charge on any atom is 0.261 e. The molecule has 2 heterocycles. The number of carbonyl (C=O) groups is 1. The number of hydrogen-bond donors (Lipinski definition) is 0. The first-order valence-electron chi connectivity index (χ1n) is 8.49. The van der Waals surface area contributed by atoms with E-state index in [1.165, 1.54) is 0 Å². The standard InChI is InChI=1S/C19H24N4O2/c1-14-20-15(12-22(2)3)11-17(21-14)18-9-10-23(18)19(24)13-25-16-7-5-4-6-8-16/h4-8,11,18H,9-10,12-13H2,1-3H3/t18-/m1/s1. The normalized spacial score (nSPS) is 16.6. The molecule has 1 fully saturated rings. The maximum atomic E-state index is 12.5. The van der Waals surface area contributed by atoms with Crippen LogP contribution in [0.25, 0.3) is 0 Å². The number of rotatable bonds is 6. The van der Waals surface area contributed by atoms with Gasteiger partial charge >= 0.3 is 0 Å². The fourth-order valence-corrected chi connectivity index (χ4v) is 2.97. The summed E-state index contributed by atoms with van der Waals surface area (Å²) in [4.78, 5) is 25.4. The Kier molecular flexibility index (Phi) is 5.28. The van der Waals surface area contributed by atoms with E-state index in [9.17, 15) is 4.79 Å². The second-order valence-electron chi connectivity index (χ2n) is 6.56. The average molecular weight is 340 g/mol. The number of amides is 1. The van der Waals surface area contributed by atoms with Crippen molar-refractivity contribution in [3.63, 3.8) is 0 Å². The SMILES string of the molecule is Cc1nc(CN(C)C)cc([C@H]2CCN2C(=O)COc2ccccc2)n1. The summed E-state index contributed by atoms with van der Waals surface area (Å²) in [6.45, 7) is 3.45. The minimum atomic E-state index is -0.00877. The number of hydrogen-bond acceptors (Lipinski definition) is 5. The lowest BCUT2D eigenvalue weighted by Gasteiger charge is -2.40. The zero-order chi connectivity index (χ0) is 17.8. The molecule has 0 bridgehead atoms. The Morgan fingerprint density at radius 1 is 1.28 bits per heavy atom. The van der Waals surface area contributed by atoms with Gasteiger partial charge in [0.25, 0.3) is 5.91 Å². The lowest BCUT2D eigenvalue weighted by molar-refractivity contribution is -0.141. The van der Waals surface area contributed by atoms with Crippen LogP contribution in [0.1, 0.15) is 29.7 Å². The van der Waals surface area contributed by atoms with Gasteiger partial charge in [-0.15, -0.1) is 0 Å². The second kappa shape index (κ2) is 7.61. The molecule has 1 saturated heterocycles. The predicted octanol–water partition coefficient (Wildman–Crippen LogP) is 2.20. The van der Waals surface area contributed by atoms with Gasteiger partial charge in [0, 0.05) is 13.1 Å². The lowest BCUT2D eigenvalue weighted by atomic mass is 9.98. The van der Waals surface area contributed by atoms with E-state index in [1.807, 2.05) is 62.3 Å². The van der Waals surface area contributed by atoms with E-state index in [0.717, 1.165) is 36.7 Å². The van der Waals surface area contributed by atoms with Gasteiger partial charge in [0.15, 0.2) is 6.61 Å². The quantitative estimate of drug-likeness (QED) is 0.807. The van der Waals surface area contributed by atoms with Crippen LogP contribution in [0.5, 0.6) is 5.75 Å². The summed E-state index contributed by atoms with van der Waals surface area (Å²) < 4.78 is 5.58. The third kappa shape index (κ3) is 4.33. The number of aromatic nitrogens is 2. The summed E-state index contributed by atoms with van der Waals surface area (Å²) in [5, 5.41) is 0. The molecule has 3 rings (SSSR count). The maximum absolute atomic E-state index is 12.5. The summed E-state index contributed by atoms with van der Waals surface area (Å²) in [7, 11) is 4.02. The highest BCUT2D eigenvalue weighted by Gasteiger charge is 2.34. The molecule has 1 aliphatic rings. The molecular formula is C19H24N4O2. The van der Waals surface area contributed by atoms with Crippen molar-refractivity contribution < 1.29 is 9.53 Å². The van der Waals surface area contributed by atoms with Crippen molar-refractivity contribution in [1.82, 2.24) is 19.8 Å². The number of likely N-dealkylation sites (tertiary alicyclic amines) is 1. The van der Waals surface area contributed by atoms with Gasteiger partial charge in [0.05, 0.1) is 17.4 Å². The minimum absolute atomic E-state index is 0.00877. The Hall–Kier alpha value is -2.47. The van der Waals surface area contributed by atoms with Crippen molar-refractivity contribution in [1.29, 1.82) is 0 Å². The van der Waals surface area contributed by atoms with Crippen molar-refractivity contribution >= 4 is 5.91 Å². The second-order valence-corrected chi connectivity index (χ2v) is 6.56. The van der Waals surface area contributed by atoms with Gasteiger partial charge in [0.1, 0.15) is 11.6 Å². The van der Waals surface area contributed by atoms with Gasteiger partial charge in [-0.1, -0.05) is 18.2 Å². The van der Waals surface area contributed by atoms with Crippen LogP contribution in [0, 0.1) is 6.92 Å². The topological polar surface area (TPSA) is 58.6 Å². The van der Waals surface area contributed by atoms with Crippen LogP contribution in [0.15, 0.2) is 36.4 Å². The van der Waals surface area contributed by atoms with Crippen molar-refractivity contribution in [3.8, 4) is 5.75 Å². The van der Waals surface area contributed by atoms with Crippen LogP contribution in [-0.4, -0.2) is 52.9 Å². The molecule has 25 heavy (non-hydrogen) atoms.